The van der Waals surface area contributed by atoms with Crippen LogP contribution in [0.5, 0.6) is 5.75 Å². The molecule has 0 radical (unpaired) electrons. The lowest BCUT2D eigenvalue weighted by Gasteiger charge is -2.23. The van der Waals surface area contributed by atoms with Crippen LogP contribution in [0, 0.1) is 0 Å². The lowest BCUT2D eigenvalue weighted by molar-refractivity contribution is -0.105. The van der Waals surface area contributed by atoms with Gasteiger partial charge in [0.1, 0.15) is 19.0 Å². The number of rotatable bonds is 8. The molecule has 198 valence electrons. The van der Waals surface area contributed by atoms with Crippen molar-refractivity contribution in [3.05, 3.63) is 102 Å². The second kappa shape index (κ2) is 14.4. The monoisotopic (exact) mass is 517 g/mol. The summed E-state index contributed by atoms with van der Waals surface area (Å²) in [5.41, 5.74) is 2.51. The molecule has 1 atom stereocenters. The quantitative estimate of drug-likeness (QED) is 0.310. The minimum absolute atomic E-state index is 0.0740. The van der Waals surface area contributed by atoms with Crippen molar-refractivity contribution in [1.82, 2.24) is 10.6 Å². The van der Waals surface area contributed by atoms with E-state index in [-0.39, 0.29) is 32.0 Å². The van der Waals surface area contributed by atoms with Gasteiger partial charge in [0, 0.05) is 6.42 Å². The molecule has 1 aliphatic rings. The third-order valence-electron chi connectivity index (χ3n) is 5.61. The van der Waals surface area contributed by atoms with E-state index in [0.29, 0.717) is 12.4 Å². The Kier molecular flexibility index (Phi) is 10.1. The second-order valence-corrected chi connectivity index (χ2v) is 8.60. The van der Waals surface area contributed by atoms with Crippen molar-refractivity contribution in [1.29, 1.82) is 0 Å². The highest BCUT2D eigenvalue weighted by atomic mass is 16.7. The molecule has 0 aromatic heterocycles. The fourth-order valence-corrected chi connectivity index (χ4v) is 3.62. The van der Waals surface area contributed by atoms with Crippen LogP contribution in [-0.2, 0) is 34.0 Å². The second-order valence-electron chi connectivity index (χ2n) is 8.60. The number of alkyl carbamates (subject to hydrolysis) is 2. The zero-order valence-corrected chi connectivity index (χ0v) is 21.0. The number of carbonyl (C=O) groups is 2. The van der Waals surface area contributed by atoms with E-state index in [1.54, 1.807) is 0 Å². The van der Waals surface area contributed by atoms with Gasteiger partial charge < -0.3 is 18.9 Å². The molecule has 1 heterocycles. The van der Waals surface area contributed by atoms with E-state index in [4.69, 9.17) is 18.9 Å². The Hall–Kier alpha value is -4.37. The molecule has 1 aliphatic heterocycles. The van der Waals surface area contributed by atoms with Gasteiger partial charge in [-0.05, 0) is 41.7 Å². The number of guanidine groups is 1. The first-order chi connectivity index (χ1) is 18.6. The van der Waals surface area contributed by atoms with Crippen molar-refractivity contribution >= 4 is 18.1 Å². The molecule has 3 aromatic carbocycles. The summed E-state index contributed by atoms with van der Waals surface area (Å²) in [6, 6.07) is 25.9. The summed E-state index contributed by atoms with van der Waals surface area (Å²) in [7, 11) is 0. The van der Waals surface area contributed by atoms with Gasteiger partial charge >= 0.3 is 12.2 Å². The molecule has 0 aliphatic carbocycles. The number of benzene rings is 3. The molecule has 9 nitrogen and oxygen atoms in total. The molecule has 2 amide bonds. The molecule has 2 N–H and O–H groups in total. The Morgan fingerprint density at radius 1 is 0.763 bits per heavy atom. The predicted octanol–water partition coefficient (Wildman–Crippen LogP) is 5.30. The minimum Gasteiger partial charge on any atom is -0.465 e. The van der Waals surface area contributed by atoms with Gasteiger partial charge in [0.25, 0.3) is 0 Å². The standard InChI is InChI=1S/C29H31N3O6/c33-28(36-20-23-9-3-1-4-10-23)31-27(32-29(34)37-21-24-11-5-2-6-12-24)30-19-22-14-16-25(17-15-22)38-26-13-7-8-18-35-26/h1-6,9-12,14-17,26H,7-8,13,18-21H2,(H2,30,31,32,33,34). The maximum atomic E-state index is 12.4. The third kappa shape index (κ3) is 9.25. The summed E-state index contributed by atoms with van der Waals surface area (Å²) in [5.74, 6) is 0.618. The fourth-order valence-electron chi connectivity index (χ4n) is 3.62. The van der Waals surface area contributed by atoms with E-state index >= 15 is 0 Å². The number of hydrogen-bond acceptors (Lipinski definition) is 7. The summed E-state index contributed by atoms with van der Waals surface area (Å²) in [5, 5.41) is 4.98. The third-order valence-corrected chi connectivity index (χ3v) is 5.61. The molecular formula is C29H31N3O6. The number of aliphatic imine (C=N–C) groups is 1. The first kappa shape index (κ1) is 26.7. The van der Waals surface area contributed by atoms with E-state index in [1.807, 2.05) is 84.9 Å². The van der Waals surface area contributed by atoms with Crippen molar-refractivity contribution in [3.63, 3.8) is 0 Å². The molecular weight excluding hydrogens is 486 g/mol. The summed E-state index contributed by atoms with van der Waals surface area (Å²) >= 11 is 0. The summed E-state index contributed by atoms with van der Waals surface area (Å²) in [6.07, 6.45) is 1.27. The predicted molar refractivity (Wildman–Crippen MR) is 141 cm³/mol. The molecule has 3 aromatic rings. The van der Waals surface area contributed by atoms with Crippen LogP contribution in [0.25, 0.3) is 0 Å². The van der Waals surface area contributed by atoms with E-state index in [1.165, 1.54) is 0 Å². The van der Waals surface area contributed by atoms with Gasteiger partial charge in [-0.1, -0.05) is 72.8 Å². The van der Waals surface area contributed by atoms with Crippen LogP contribution in [0.4, 0.5) is 9.59 Å². The maximum Gasteiger partial charge on any atom is 0.414 e. The normalized spacial score (nSPS) is 14.6. The molecule has 0 saturated carbocycles. The topological polar surface area (TPSA) is 107 Å². The Morgan fingerprint density at radius 3 is 1.87 bits per heavy atom. The van der Waals surface area contributed by atoms with Crippen molar-refractivity contribution in [2.45, 2.75) is 45.3 Å². The smallest absolute Gasteiger partial charge is 0.414 e. The zero-order chi connectivity index (χ0) is 26.4. The van der Waals surface area contributed by atoms with E-state index in [2.05, 4.69) is 15.6 Å². The van der Waals surface area contributed by atoms with Crippen LogP contribution < -0.4 is 15.4 Å². The van der Waals surface area contributed by atoms with Gasteiger partial charge in [-0.15, -0.1) is 0 Å². The lowest BCUT2D eigenvalue weighted by Crippen LogP contribution is -2.44. The maximum absolute atomic E-state index is 12.4. The van der Waals surface area contributed by atoms with E-state index in [0.717, 1.165) is 36.0 Å². The summed E-state index contributed by atoms with van der Waals surface area (Å²) < 4.78 is 22.0. The molecule has 9 heteroatoms. The van der Waals surface area contributed by atoms with Gasteiger partial charge in [-0.2, -0.15) is 0 Å². The van der Waals surface area contributed by atoms with Crippen LogP contribution in [-0.4, -0.2) is 31.0 Å². The number of amides is 2. The van der Waals surface area contributed by atoms with Gasteiger partial charge in [-0.3, -0.25) is 10.6 Å². The van der Waals surface area contributed by atoms with Crippen molar-refractivity contribution in [2.75, 3.05) is 6.61 Å². The van der Waals surface area contributed by atoms with Crippen LogP contribution in [0.3, 0.4) is 0 Å². The van der Waals surface area contributed by atoms with Crippen LogP contribution >= 0.6 is 0 Å². The Morgan fingerprint density at radius 2 is 1.34 bits per heavy atom. The molecule has 4 rings (SSSR count). The molecule has 38 heavy (non-hydrogen) atoms. The van der Waals surface area contributed by atoms with Crippen LogP contribution in [0.1, 0.15) is 36.0 Å². The fraction of sp³-hybridized carbons (Fsp3) is 0.276. The SMILES string of the molecule is O=C(NC(=NCc1ccc(OC2CCCCO2)cc1)NC(=O)OCc1ccccc1)OCc1ccccc1. The van der Waals surface area contributed by atoms with Gasteiger partial charge in [0.2, 0.25) is 5.96 Å². The number of ether oxygens (including phenoxy) is 4. The number of nitrogens with zero attached hydrogens (tertiary/aromatic N) is 1. The number of carbonyl (C=O) groups excluding carboxylic acids is 2. The highest BCUT2D eigenvalue weighted by molar-refractivity contribution is 6.01. The molecule has 0 bridgehead atoms. The largest absolute Gasteiger partial charge is 0.465 e. The number of nitrogens with one attached hydrogen (secondary N) is 2. The average Bonchev–Trinajstić information content (AvgIpc) is 2.96. The Labute approximate surface area is 221 Å². The van der Waals surface area contributed by atoms with E-state index in [9.17, 15) is 9.59 Å². The van der Waals surface area contributed by atoms with Gasteiger partial charge in [-0.25, -0.2) is 14.6 Å². The van der Waals surface area contributed by atoms with Crippen molar-refractivity contribution in [2.24, 2.45) is 4.99 Å². The Balaban J connectivity index is 1.34. The summed E-state index contributed by atoms with van der Waals surface area (Å²) in [4.78, 5) is 29.2. The molecule has 1 saturated heterocycles. The zero-order valence-electron chi connectivity index (χ0n) is 21.0. The van der Waals surface area contributed by atoms with Gasteiger partial charge in [0.05, 0.1) is 13.2 Å². The lowest BCUT2D eigenvalue weighted by atomic mass is 10.2. The molecule has 1 fully saturated rings. The highest BCUT2D eigenvalue weighted by Gasteiger charge is 2.15. The average molecular weight is 518 g/mol. The van der Waals surface area contributed by atoms with Crippen LogP contribution in [0.2, 0.25) is 0 Å². The van der Waals surface area contributed by atoms with Crippen molar-refractivity contribution in [3.8, 4) is 5.75 Å². The first-order valence-electron chi connectivity index (χ1n) is 12.5. The van der Waals surface area contributed by atoms with Crippen LogP contribution in [0.15, 0.2) is 89.9 Å². The molecule has 1 unspecified atom stereocenters. The van der Waals surface area contributed by atoms with E-state index < -0.39 is 12.2 Å². The Bertz CT molecular complexity index is 1120. The first-order valence-corrected chi connectivity index (χ1v) is 12.5. The summed E-state index contributed by atoms with van der Waals surface area (Å²) in [6.45, 7) is 1.05. The number of hydrogen-bond donors (Lipinski definition) is 2. The van der Waals surface area contributed by atoms with Gasteiger partial charge in [0.15, 0.2) is 6.29 Å². The highest BCUT2D eigenvalue weighted by Crippen LogP contribution is 2.20. The molecule has 0 spiro atoms. The van der Waals surface area contributed by atoms with Crippen molar-refractivity contribution < 1.29 is 28.5 Å². The minimum atomic E-state index is -0.757.